The van der Waals surface area contributed by atoms with Crippen LogP contribution in [-0.2, 0) is 5.41 Å². The average molecular weight is 356 g/mol. The molecule has 5 rings (SSSR count). The van der Waals surface area contributed by atoms with Crippen LogP contribution in [0.1, 0.15) is 25.6 Å². The van der Waals surface area contributed by atoms with E-state index < -0.39 is 0 Å². The van der Waals surface area contributed by atoms with E-state index in [2.05, 4.69) is 98.1 Å². The molecule has 0 radical (unpaired) electrons. The van der Waals surface area contributed by atoms with Gasteiger partial charge in [-0.15, -0.1) is 11.3 Å². The number of para-hydroxylation sites is 2. The molecule has 5 aromatic rings. The molecule has 2 heterocycles. The summed E-state index contributed by atoms with van der Waals surface area (Å²) in [6.45, 7) is 6.85. The Bertz CT molecular complexity index is 1210. The topological polar surface area (TPSA) is 4.93 Å². The Labute approximate surface area is 157 Å². The van der Waals surface area contributed by atoms with Crippen molar-refractivity contribution < 1.29 is 0 Å². The normalized spacial score (nSPS) is 12.4. The van der Waals surface area contributed by atoms with Crippen LogP contribution in [0.3, 0.4) is 0 Å². The molecule has 0 saturated carbocycles. The summed E-state index contributed by atoms with van der Waals surface area (Å²) in [5, 5.41) is 3.95. The van der Waals surface area contributed by atoms with Crippen LogP contribution in [0.4, 0.5) is 0 Å². The van der Waals surface area contributed by atoms with E-state index in [-0.39, 0.29) is 5.41 Å². The second-order valence-electron chi connectivity index (χ2n) is 7.95. The Morgan fingerprint density at radius 3 is 1.96 bits per heavy atom. The largest absolute Gasteiger partial charge is 0.309 e. The van der Waals surface area contributed by atoms with Gasteiger partial charge in [0.05, 0.1) is 11.0 Å². The zero-order valence-corrected chi connectivity index (χ0v) is 16.1. The van der Waals surface area contributed by atoms with Crippen molar-refractivity contribution in [1.82, 2.24) is 4.57 Å². The predicted octanol–water partition coefficient (Wildman–Crippen LogP) is 7.30. The van der Waals surface area contributed by atoms with Crippen LogP contribution in [-0.4, -0.2) is 4.57 Å². The van der Waals surface area contributed by atoms with Crippen molar-refractivity contribution in [3.05, 3.63) is 77.7 Å². The standard InChI is InChI=1S/C24H21NS/c1-24(2,3)23-15-16-14-17(12-13-22(16)26-23)25-20-10-6-4-8-18(20)19-9-5-7-11-21(19)25/h4-15H,1-3H3. The molecule has 0 saturated heterocycles. The Kier molecular flexibility index (Phi) is 3.29. The zero-order valence-electron chi connectivity index (χ0n) is 15.3. The number of rotatable bonds is 1. The minimum atomic E-state index is 0.191. The van der Waals surface area contributed by atoms with Crippen LogP contribution in [0, 0.1) is 0 Å². The fourth-order valence-electron chi connectivity index (χ4n) is 3.74. The fourth-order valence-corrected chi connectivity index (χ4v) is 4.84. The van der Waals surface area contributed by atoms with E-state index >= 15 is 0 Å². The predicted molar refractivity (Wildman–Crippen MR) is 115 cm³/mol. The third kappa shape index (κ3) is 2.29. The molecule has 0 bridgehead atoms. The van der Waals surface area contributed by atoms with Crippen molar-refractivity contribution in [3.63, 3.8) is 0 Å². The SMILES string of the molecule is CC(C)(C)c1cc2cc(-n3c4ccccc4c4ccccc43)ccc2s1. The second-order valence-corrected chi connectivity index (χ2v) is 9.04. The molecule has 0 spiro atoms. The van der Waals surface area contributed by atoms with E-state index in [0.717, 1.165) is 0 Å². The summed E-state index contributed by atoms with van der Waals surface area (Å²) in [6.07, 6.45) is 0. The summed E-state index contributed by atoms with van der Waals surface area (Å²) in [4.78, 5) is 1.44. The molecule has 2 aromatic heterocycles. The van der Waals surface area contributed by atoms with Gasteiger partial charge in [0.15, 0.2) is 0 Å². The van der Waals surface area contributed by atoms with E-state index in [1.165, 1.54) is 42.5 Å². The Hall–Kier alpha value is -2.58. The Morgan fingerprint density at radius 1 is 0.731 bits per heavy atom. The maximum atomic E-state index is 2.39. The van der Waals surface area contributed by atoms with Gasteiger partial charge >= 0.3 is 0 Å². The molecule has 1 nitrogen and oxygen atoms in total. The average Bonchev–Trinajstić information content (AvgIpc) is 3.20. The van der Waals surface area contributed by atoms with Crippen LogP contribution in [0.5, 0.6) is 0 Å². The van der Waals surface area contributed by atoms with Crippen molar-refractivity contribution in [2.45, 2.75) is 26.2 Å². The van der Waals surface area contributed by atoms with Gasteiger partial charge in [-0.3, -0.25) is 0 Å². The highest BCUT2D eigenvalue weighted by atomic mass is 32.1. The van der Waals surface area contributed by atoms with Crippen molar-refractivity contribution in [2.75, 3.05) is 0 Å². The van der Waals surface area contributed by atoms with Gasteiger partial charge in [-0.05, 0) is 47.2 Å². The van der Waals surface area contributed by atoms with Crippen molar-refractivity contribution >= 4 is 43.2 Å². The summed E-state index contributed by atoms with van der Waals surface area (Å²) in [5.74, 6) is 0. The molecule has 26 heavy (non-hydrogen) atoms. The lowest BCUT2D eigenvalue weighted by Crippen LogP contribution is -2.07. The molecule has 3 aromatic carbocycles. The maximum absolute atomic E-state index is 2.39. The minimum absolute atomic E-state index is 0.191. The minimum Gasteiger partial charge on any atom is -0.309 e. The molecule has 0 N–H and O–H groups in total. The van der Waals surface area contributed by atoms with Crippen molar-refractivity contribution in [2.24, 2.45) is 0 Å². The van der Waals surface area contributed by atoms with E-state index in [1.807, 2.05) is 11.3 Å². The molecular formula is C24H21NS. The summed E-state index contributed by atoms with van der Waals surface area (Å²) >= 11 is 1.91. The van der Waals surface area contributed by atoms with Gasteiger partial charge in [0.2, 0.25) is 0 Å². The van der Waals surface area contributed by atoms with Crippen LogP contribution in [0.25, 0.3) is 37.6 Å². The molecule has 0 atom stereocenters. The lowest BCUT2D eigenvalue weighted by atomic mass is 9.94. The van der Waals surface area contributed by atoms with E-state index in [1.54, 1.807) is 0 Å². The first kappa shape index (κ1) is 15.7. The monoisotopic (exact) mass is 355 g/mol. The number of hydrogen-bond donors (Lipinski definition) is 0. The lowest BCUT2D eigenvalue weighted by Gasteiger charge is -2.14. The van der Waals surface area contributed by atoms with Crippen molar-refractivity contribution in [3.8, 4) is 5.69 Å². The summed E-state index contributed by atoms with van der Waals surface area (Å²) in [7, 11) is 0. The lowest BCUT2D eigenvalue weighted by molar-refractivity contribution is 0.604. The van der Waals surface area contributed by atoms with Crippen LogP contribution < -0.4 is 0 Å². The molecule has 0 aliphatic heterocycles. The van der Waals surface area contributed by atoms with E-state index in [4.69, 9.17) is 0 Å². The van der Waals surface area contributed by atoms with Gasteiger partial charge in [0.25, 0.3) is 0 Å². The quantitative estimate of drug-likeness (QED) is 0.297. The highest BCUT2D eigenvalue weighted by molar-refractivity contribution is 7.19. The first-order valence-electron chi connectivity index (χ1n) is 9.05. The van der Waals surface area contributed by atoms with Crippen molar-refractivity contribution in [1.29, 1.82) is 0 Å². The van der Waals surface area contributed by atoms with Gasteiger partial charge < -0.3 is 4.57 Å². The molecule has 2 heteroatoms. The molecule has 0 amide bonds. The molecule has 0 aliphatic rings. The number of aromatic nitrogens is 1. The molecule has 0 aliphatic carbocycles. The van der Waals surface area contributed by atoms with Crippen LogP contribution >= 0.6 is 11.3 Å². The zero-order chi connectivity index (χ0) is 17.9. The Balaban J connectivity index is 1.82. The molecule has 128 valence electrons. The van der Waals surface area contributed by atoms with Gasteiger partial charge in [0, 0.05) is 26.0 Å². The maximum Gasteiger partial charge on any atom is 0.0541 e. The third-order valence-electron chi connectivity index (χ3n) is 5.08. The first-order chi connectivity index (χ1) is 12.5. The Morgan fingerprint density at radius 2 is 1.35 bits per heavy atom. The summed E-state index contributed by atoms with van der Waals surface area (Å²) in [6, 6.07) is 26.6. The highest BCUT2D eigenvalue weighted by Gasteiger charge is 2.17. The smallest absolute Gasteiger partial charge is 0.0541 e. The summed E-state index contributed by atoms with van der Waals surface area (Å²) < 4.78 is 3.75. The van der Waals surface area contributed by atoms with Gasteiger partial charge in [0.1, 0.15) is 0 Å². The number of fused-ring (bicyclic) bond motifs is 4. The molecule has 0 fully saturated rings. The summed E-state index contributed by atoms with van der Waals surface area (Å²) in [5.41, 5.74) is 3.95. The molecule has 0 unspecified atom stereocenters. The van der Waals surface area contributed by atoms with E-state index in [0.29, 0.717) is 0 Å². The van der Waals surface area contributed by atoms with E-state index in [9.17, 15) is 0 Å². The van der Waals surface area contributed by atoms with Crippen LogP contribution in [0.2, 0.25) is 0 Å². The van der Waals surface area contributed by atoms with Crippen LogP contribution in [0.15, 0.2) is 72.8 Å². The second kappa shape index (κ2) is 5.46. The third-order valence-corrected chi connectivity index (χ3v) is 6.62. The number of benzene rings is 3. The number of hydrogen-bond acceptors (Lipinski definition) is 1. The first-order valence-corrected chi connectivity index (χ1v) is 9.87. The highest BCUT2D eigenvalue weighted by Crippen LogP contribution is 2.37. The van der Waals surface area contributed by atoms with Gasteiger partial charge in [-0.25, -0.2) is 0 Å². The van der Waals surface area contributed by atoms with Gasteiger partial charge in [-0.2, -0.15) is 0 Å². The van der Waals surface area contributed by atoms with Gasteiger partial charge in [-0.1, -0.05) is 57.2 Å². The fraction of sp³-hybridized carbons (Fsp3) is 0.167. The number of nitrogens with zero attached hydrogens (tertiary/aromatic N) is 1. The molecular weight excluding hydrogens is 334 g/mol. The number of thiophene rings is 1.